The highest BCUT2D eigenvalue weighted by Gasteiger charge is 2.31. The van der Waals surface area contributed by atoms with E-state index in [1.54, 1.807) is 0 Å². The van der Waals surface area contributed by atoms with Gasteiger partial charge in [-0.25, -0.2) is 0 Å². The van der Waals surface area contributed by atoms with Crippen LogP contribution in [0.5, 0.6) is 0 Å². The second kappa shape index (κ2) is 5.46. The van der Waals surface area contributed by atoms with Crippen LogP contribution in [-0.4, -0.2) is 46.8 Å². The van der Waals surface area contributed by atoms with E-state index in [-0.39, 0.29) is 30.8 Å². The van der Waals surface area contributed by atoms with Crippen LogP contribution in [0.3, 0.4) is 0 Å². The summed E-state index contributed by atoms with van der Waals surface area (Å²) in [6, 6.07) is 0.124. The number of hydrogen-bond acceptors (Lipinski definition) is 4. The number of carboxylic acids is 1. The molecular formula is C11H20N2O4. The van der Waals surface area contributed by atoms with Crippen LogP contribution >= 0.6 is 0 Å². The third-order valence-electron chi connectivity index (χ3n) is 3.04. The summed E-state index contributed by atoms with van der Waals surface area (Å²) in [5, 5.41) is 24.1. The minimum atomic E-state index is -1.41. The number of carboxylic acid groups (broad SMARTS) is 1. The molecule has 0 aromatic rings. The van der Waals surface area contributed by atoms with Crippen molar-refractivity contribution < 1.29 is 19.8 Å². The number of hydrogen-bond donors (Lipinski definition) is 4. The Bertz CT molecular complexity index is 304. The molecule has 0 radical (unpaired) electrons. The maximum atomic E-state index is 11.8. The fourth-order valence-corrected chi connectivity index (χ4v) is 2.01. The van der Waals surface area contributed by atoms with E-state index < -0.39 is 11.6 Å². The van der Waals surface area contributed by atoms with Gasteiger partial charge in [-0.2, -0.15) is 0 Å². The van der Waals surface area contributed by atoms with Crippen LogP contribution in [0, 0.1) is 5.92 Å². The Labute approximate surface area is 100 Å². The van der Waals surface area contributed by atoms with E-state index >= 15 is 0 Å². The summed E-state index contributed by atoms with van der Waals surface area (Å²) in [5.41, 5.74) is -1.41. The van der Waals surface area contributed by atoms with Crippen LogP contribution in [0.25, 0.3) is 0 Å². The molecule has 6 nitrogen and oxygen atoms in total. The summed E-state index contributed by atoms with van der Waals surface area (Å²) in [6.45, 7) is 4.11. The molecule has 0 aromatic carbocycles. The van der Waals surface area contributed by atoms with Gasteiger partial charge in [0.1, 0.15) is 0 Å². The van der Waals surface area contributed by atoms with Crippen LogP contribution in [0.1, 0.15) is 26.7 Å². The fraction of sp³-hybridized carbons (Fsp3) is 0.818. The Morgan fingerprint density at radius 2 is 2.18 bits per heavy atom. The first-order chi connectivity index (χ1) is 7.82. The van der Waals surface area contributed by atoms with Gasteiger partial charge in [0.05, 0.1) is 17.9 Å². The Morgan fingerprint density at radius 1 is 1.53 bits per heavy atom. The highest BCUT2D eigenvalue weighted by molar-refractivity contribution is 5.80. The third kappa shape index (κ3) is 4.32. The van der Waals surface area contributed by atoms with Gasteiger partial charge in [-0.15, -0.1) is 0 Å². The maximum Gasteiger partial charge on any atom is 0.306 e. The zero-order valence-corrected chi connectivity index (χ0v) is 10.2. The van der Waals surface area contributed by atoms with E-state index in [1.807, 2.05) is 6.92 Å². The van der Waals surface area contributed by atoms with Gasteiger partial charge in [0.25, 0.3) is 0 Å². The van der Waals surface area contributed by atoms with Crippen LogP contribution in [0.15, 0.2) is 0 Å². The van der Waals surface area contributed by atoms with E-state index in [4.69, 9.17) is 5.11 Å². The van der Waals surface area contributed by atoms with Crippen molar-refractivity contribution in [1.82, 2.24) is 10.6 Å². The summed E-state index contributed by atoms with van der Waals surface area (Å²) in [4.78, 5) is 22.3. The number of aliphatic carboxylic acids is 1. The van der Waals surface area contributed by atoms with E-state index in [0.29, 0.717) is 0 Å². The molecule has 98 valence electrons. The Hall–Kier alpha value is -1.14. The van der Waals surface area contributed by atoms with Gasteiger partial charge in [0.15, 0.2) is 0 Å². The lowest BCUT2D eigenvalue weighted by Crippen LogP contribution is -2.45. The molecule has 0 spiro atoms. The molecule has 1 rings (SSSR count). The first kappa shape index (κ1) is 13.9. The van der Waals surface area contributed by atoms with Gasteiger partial charge in [-0.05, 0) is 26.8 Å². The number of carbonyl (C=O) groups is 2. The largest absolute Gasteiger partial charge is 0.481 e. The molecular weight excluding hydrogens is 224 g/mol. The van der Waals surface area contributed by atoms with Crippen LogP contribution in [0.4, 0.5) is 0 Å². The molecule has 1 aliphatic heterocycles. The predicted octanol–water partition coefficient (Wildman–Crippen LogP) is -0.674. The molecule has 1 saturated heterocycles. The highest BCUT2D eigenvalue weighted by atomic mass is 16.4. The van der Waals surface area contributed by atoms with Crippen molar-refractivity contribution in [3.05, 3.63) is 0 Å². The standard InChI is InChI=1S/C11H20N2O4/c1-7-8(3-4-12-7)10(16)13-6-11(2,17)5-9(14)15/h7-8,12,17H,3-6H2,1-2H3,(H,13,16)(H,14,15). The van der Waals surface area contributed by atoms with Gasteiger partial charge in [0.2, 0.25) is 5.91 Å². The topological polar surface area (TPSA) is 98.7 Å². The van der Waals surface area contributed by atoms with Crippen molar-refractivity contribution in [2.24, 2.45) is 5.92 Å². The molecule has 1 heterocycles. The molecule has 1 aliphatic rings. The number of rotatable bonds is 5. The summed E-state index contributed by atoms with van der Waals surface area (Å²) < 4.78 is 0. The van der Waals surface area contributed by atoms with Crippen molar-refractivity contribution in [2.45, 2.75) is 38.3 Å². The molecule has 3 unspecified atom stereocenters. The molecule has 0 aliphatic carbocycles. The first-order valence-corrected chi connectivity index (χ1v) is 5.77. The van der Waals surface area contributed by atoms with Crippen molar-refractivity contribution in [3.63, 3.8) is 0 Å². The number of aliphatic hydroxyl groups is 1. The zero-order valence-electron chi connectivity index (χ0n) is 10.2. The molecule has 17 heavy (non-hydrogen) atoms. The number of amides is 1. The normalized spacial score (nSPS) is 27.5. The molecule has 6 heteroatoms. The summed E-state index contributed by atoms with van der Waals surface area (Å²) >= 11 is 0. The Kier molecular flexibility index (Phi) is 4.47. The van der Waals surface area contributed by atoms with Crippen LogP contribution in [-0.2, 0) is 9.59 Å². The lowest BCUT2D eigenvalue weighted by atomic mass is 9.99. The van der Waals surface area contributed by atoms with Gasteiger partial charge >= 0.3 is 5.97 Å². The highest BCUT2D eigenvalue weighted by Crippen LogP contribution is 2.15. The van der Waals surface area contributed by atoms with Crippen molar-refractivity contribution in [3.8, 4) is 0 Å². The quantitative estimate of drug-likeness (QED) is 0.514. The zero-order chi connectivity index (χ0) is 13.1. The Morgan fingerprint density at radius 3 is 2.65 bits per heavy atom. The summed E-state index contributed by atoms with van der Waals surface area (Å²) in [7, 11) is 0. The number of nitrogens with one attached hydrogen (secondary N) is 2. The number of carbonyl (C=O) groups excluding carboxylic acids is 1. The summed E-state index contributed by atoms with van der Waals surface area (Å²) in [6.07, 6.45) is 0.389. The molecule has 1 amide bonds. The van der Waals surface area contributed by atoms with Crippen molar-refractivity contribution in [1.29, 1.82) is 0 Å². The third-order valence-corrected chi connectivity index (χ3v) is 3.04. The molecule has 0 saturated carbocycles. The minimum Gasteiger partial charge on any atom is -0.481 e. The van der Waals surface area contributed by atoms with E-state index in [9.17, 15) is 14.7 Å². The van der Waals surface area contributed by atoms with Gasteiger partial charge < -0.3 is 20.8 Å². The molecule has 4 N–H and O–H groups in total. The lowest BCUT2D eigenvalue weighted by molar-refractivity contribution is -0.142. The van der Waals surface area contributed by atoms with Crippen LogP contribution in [0.2, 0.25) is 0 Å². The minimum absolute atomic E-state index is 0.0403. The second-order valence-electron chi connectivity index (χ2n) is 4.92. The average Bonchev–Trinajstić information content (AvgIpc) is 2.59. The molecule has 3 atom stereocenters. The first-order valence-electron chi connectivity index (χ1n) is 5.77. The van der Waals surface area contributed by atoms with Gasteiger partial charge in [-0.1, -0.05) is 0 Å². The smallest absolute Gasteiger partial charge is 0.306 e. The fourth-order valence-electron chi connectivity index (χ4n) is 2.01. The maximum absolute atomic E-state index is 11.8. The average molecular weight is 244 g/mol. The summed E-state index contributed by atoms with van der Waals surface area (Å²) in [5.74, 6) is -1.32. The SMILES string of the molecule is CC1NCCC1C(=O)NCC(C)(O)CC(=O)O. The lowest BCUT2D eigenvalue weighted by Gasteiger charge is -2.23. The predicted molar refractivity (Wildman–Crippen MR) is 61.5 cm³/mol. The van der Waals surface area contributed by atoms with Crippen LogP contribution < -0.4 is 10.6 Å². The Balaban J connectivity index is 2.39. The molecule has 0 aromatic heterocycles. The molecule has 0 bridgehead atoms. The molecule has 1 fully saturated rings. The van der Waals surface area contributed by atoms with Gasteiger partial charge in [-0.3, -0.25) is 9.59 Å². The van der Waals surface area contributed by atoms with E-state index in [0.717, 1.165) is 13.0 Å². The van der Waals surface area contributed by atoms with E-state index in [2.05, 4.69) is 10.6 Å². The van der Waals surface area contributed by atoms with Crippen molar-refractivity contribution >= 4 is 11.9 Å². The van der Waals surface area contributed by atoms with Crippen molar-refractivity contribution in [2.75, 3.05) is 13.1 Å². The van der Waals surface area contributed by atoms with Gasteiger partial charge in [0, 0.05) is 12.6 Å². The van der Waals surface area contributed by atoms with E-state index in [1.165, 1.54) is 6.92 Å². The monoisotopic (exact) mass is 244 g/mol. The second-order valence-corrected chi connectivity index (χ2v) is 4.92.